The number of carboxylic acid groups (broad SMARTS) is 1. The molecule has 0 unspecified atom stereocenters. The maximum atomic E-state index is 13.0. The smallest absolute Gasteiger partial charge is 0.326 e. The number of amides is 2. The van der Waals surface area contributed by atoms with Crippen LogP contribution in [0.2, 0.25) is 0 Å². The van der Waals surface area contributed by atoms with Crippen molar-refractivity contribution in [3.05, 3.63) is 35.9 Å². The molecule has 0 aliphatic rings. The van der Waals surface area contributed by atoms with Gasteiger partial charge < -0.3 is 10.4 Å². The van der Waals surface area contributed by atoms with E-state index in [9.17, 15) is 19.5 Å². The van der Waals surface area contributed by atoms with Crippen LogP contribution < -0.4 is 10.8 Å². The highest BCUT2D eigenvalue weighted by Crippen LogP contribution is 2.25. The molecule has 1 aromatic carbocycles. The number of carboxylic acids is 1. The minimum Gasteiger partial charge on any atom is -0.480 e. The van der Waals surface area contributed by atoms with Crippen LogP contribution in [0.15, 0.2) is 30.3 Å². The number of benzene rings is 1. The molecule has 1 aromatic rings. The molecule has 0 saturated heterocycles. The lowest BCUT2D eigenvalue weighted by atomic mass is 9.84. The highest BCUT2D eigenvalue weighted by molar-refractivity contribution is 7.99. The normalized spacial score (nSPS) is 13.8. The molecular formula is C21H28N2O5S. The maximum absolute atomic E-state index is 13.0. The van der Waals surface area contributed by atoms with Gasteiger partial charge in [-0.1, -0.05) is 50.1 Å². The summed E-state index contributed by atoms with van der Waals surface area (Å²) < 4.78 is 0. The zero-order valence-corrected chi connectivity index (χ0v) is 17.4. The van der Waals surface area contributed by atoms with Crippen molar-refractivity contribution in [2.24, 2.45) is 17.8 Å². The van der Waals surface area contributed by atoms with Gasteiger partial charge in [0.05, 0.1) is 17.6 Å². The Morgan fingerprint density at radius 1 is 1.14 bits per heavy atom. The van der Waals surface area contributed by atoms with E-state index in [4.69, 9.17) is 11.6 Å². The molecule has 1 rings (SSSR count). The van der Waals surface area contributed by atoms with E-state index in [0.29, 0.717) is 12.2 Å². The molecule has 0 saturated carbocycles. The molecule has 7 nitrogen and oxygen atoms in total. The quantitative estimate of drug-likeness (QED) is 0.178. The minimum atomic E-state index is -1.16. The van der Waals surface area contributed by atoms with E-state index < -0.39 is 35.7 Å². The highest BCUT2D eigenvalue weighted by Gasteiger charge is 2.35. The Hall–Kier alpha value is -2.50. The first kappa shape index (κ1) is 24.5. The lowest BCUT2D eigenvalue weighted by Gasteiger charge is -2.27. The highest BCUT2D eigenvalue weighted by atomic mass is 32.2. The van der Waals surface area contributed by atoms with E-state index in [1.54, 1.807) is 29.7 Å². The number of terminal acetylenes is 1. The van der Waals surface area contributed by atoms with Crippen LogP contribution in [-0.2, 0) is 20.8 Å². The van der Waals surface area contributed by atoms with Gasteiger partial charge in [-0.3, -0.25) is 14.8 Å². The third-order valence-electron chi connectivity index (χ3n) is 4.37. The molecule has 0 radical (unpaired) electrons. The molecule has 0 aromatic heterocycles. The average Bonchev–Trinajstić information content (AvgIpc) is 2.69. The lowest BCUT2D eigenvalue weighted by Crippen LogP contribution is -2.49. The third kappa shape index (κ3) is 8.59. The van der Waals surface area contributed by atoms with Gasteiger partial charge in [0.15, 0.2) is 0 Å². The van der Waals surface area contributed by atoms with E-state index >= 15 is 0 Å². The van der Waals surface area contributed by atoms with Gasteiger partial charge in [0.25, 0.3) is 0 Å². The first-order valence-corrected chi connectivity index (χ1v) is 10.5. The molecule has 0 aliphatic carbocycles. The van der Waals surface area contributed by atoms with Gasteiger partial charge in [0.1, 0.15) is 6.04 Å². The zero-order valence-electron chi connectivity index (χ0n) is 16.6. The molecule has 0 spiro atoms. The van der Waals surface area contributed by atoms with Gasteiger partial charge in [-0.15, -0.1) is 18.2 Å². The Labute approximate surface area is 175 Å². The Morgan fingerprint density at radius 3 is 2.31 bits per heavy atom. The van der Waals surface area contributed by atoms with Crippen molar-refractivity contribution in [3.63, 3.8) is 0 Å². The lowest BCUT2D eigenvalue weighted by molar-refractivity contribution is -0.144. The fraction of sp³-hybridized carbons (Fsp3) is 0.476. The van der Waals surface area contributed by atoms with Crippen LogP contribution in [-0.4, -0.2) is 45.6 Å². The summed E-state index contributed by atoms with van der Waals surface area (Å²) in [4.78, 5) is 36.9. The first-order chi connectivity index (χ1) is 13.8. The summed E-state index contributed by atoms with van der Waals surface area (Å²) in [5.41, 5.74) is 2.39. The van der Waals surface area contributed by atoms with Crippen molar-refractivity contribution in [2.45, 2.75) is 32.7 Å². The van der Waals surface area contributed by atoms with Crippen molar-refractivity contribution in [1.82, 2.24) is 10.8 Å². The van der Waals surface area contributed by atoms with Gasteiger partial charge in [0.2, 0.25) is 11.8 Å². The Kier molecular flexibility index (Phi) is 10.9. The second-order valence-electron chi connectivity index (χ2n) is 7.13. The average molecular weight is 421 g/mol. The van der Waals surface area contributed by atoms with Crippen molar-refractivity contribution in [3.8, 4) is 12.3 Å². The largest absolute Gasteiger partial charge is 0.480 e. The van der Waals surface area contributed by atoms with Crippen LogP contribution in [0, 0.1) is 30.1 Å². The molecule has 3 atom stereocenters. The van der Waals surface area contributed by atoms with Crippen molar-refractivity contribution in [1.29, 1.82) is 0 Å². The van der Waals surface area contributed by atoms with E-state index in [-0.39, 0.29) is 18.1 Å². The molecule has 0 fully saturated rings. The van der Waals surface area contributed by atoms with Gasteiger partial charge in [-0.25, -0.2) is 10.3 Å². The van der Waals surface area contributed by atoms with Crippen LogP contribution in [0.3, 0.4) is 0 Å². The minimum absolute atomic E-state index is 0.0785. The maximum Gasteiger partial charge on any atom is 0.326 e. The van der Waals surface area contributed by atoms with E-state index in [1.165, 1.54) is 11.8 Å². The Balaban J connectivity index is 3.02. The fourth-order valence-corrected chi connectivity index (χ4v) is 3.87. The van der Waals surface area contributed by atoms with Crippen LogP contribution in [0.25, 0.3) is 0 Å². The number of aliphatic carboxylic acids is 1. The van der Waals surface area contributed by atoms with Crippen molar-refractivity contribution >= 4 is 29.5 Å². The number of carbonyl (C=O) groups is 3. The van der Waals surface area contributed by atoms with Gasteiger partial charge in [-0.2, -0.15) is 0 Å². The predicted molar refractivity (Wildman–Crippen MR) is 112 cm³/mol. The van der Waals surface area contributed by atoms with Gasteiger partial charge in [0, 0.05) is 12.2 Å². The molecule has 0 heterocycles. The fourth-order valence-electron chi connectivity index (χ4n) is 2.99. The SMILES string of the molecule is C#CCSC[C@H](C(=O)NO)[C@@H](CC(C)C)C(=O)N[C@@H](Cc1ccccc1)C(=O)O. The Morgan fingerprint density at radius 2 is 1.79 bits per heavy atom. The van der Waals surface area contributed by atoms with Crippen LogP contribution in [0.1, 0.15) is 25.8 Å². The molecule has 158 valence electrons. The zero-order chi connectivity index (χ0) is 21.8. The monoisotopic (exact) mass is 420 g/mol. The Bertz CT molecular complexity index is 718. The topological polar surface area (TPSA) is 116 Å². The predicted octanol–water partition coefficient (Wildman–Crippen LogP) is 1.95. The van der Waals surface area contributed by atoms with Crippen LogP contribution in [0.5, 0.6) is 0 Å². The van der Waals surface area contributed by atoms with Gasteiger partial charge >= 0.3 is 5.97 Å². The molecule has 29 heavy (non-hydrogen) atoms. The van der Waals surface area contributed by atoms with Crippen LogP contribution in [0.4, 0.5) is 0 Å². The summed E-state index contributed by atoms with van der Waals surface area (Å²) in [6, 6.07) is 7.85. The number of nitrogens with one attached hydrogen (secondary N) is 2. The second-order valence-corrected chi connectivity index (χ2v) is 8.16. The number of carbonyl (C=O) groups excluding carboxylic acids is 2. The number of rotatable bonds is 12. The summed E-state index contributed by atoms with van der Waals surface area (Å²) in [6.45, 7) is 3.81. The van der Waals surface area contributed by atoms with E-state index in [0.717, 1.165) is 5.56 Å². The van der Waals surface area contributed by atoms with Crippen LogP contribution >= 0.6 is 11.8 Å². The summed E-state index contributed by atoms with van der Waals surface area (Å²) in [5, 5.41) is 21.2. The van der Waals surface area contributed by atoms with E-state index in [1.807, 2.05) is 19.9 Å². The molecule has 0 bridgehead atoms. The molecule has 0 aliphatic heterocycles. The number of hydroxylamine groups is 1. The number of hydrogen-bond donors (Lipinski definition) is 4. The molecule has 4 N–H and O–H groups in total. The standard InChI is InChI=1S/C21H28N2O5S/c1-4-10-29-13-17(20(25)23-28)16(11-14(2)3)19(24)22-18(21(26)27)12-15-8-6-5-7-9-15/h1,5-9,14,16-18,28H,10-13H2,2-3H3,(H,22,24)(H,23,25)(H,26,27)/t16-,17+,18+/m1/s1. The molecule has 2 amide bonds. The third-order valence-corrected chi connectivity index (χ3v) is 5.34. The summed E-state index contributed by atoms with van der Waals surface area (Å²) in [5.74, 6) is -0.895. The molecular weight excluding hydrogens is 392 g/mol. The first-order valence-electron chi connectivity index (χ1n) is 9.32. The van der Waals surface area contributed by atoms with Crippen molar-refractivity contribution in [2.75, 3.05) is 11.5 Å². The number of thioether (sulfide) groups is 1. The molecule has 8 heteroatoms. The summed E-state index contributed by atoms with van der Waals surface area (Å²) in [6.07, 6.45) is 5.73. The summed E-state index contributed by atoms with van der Waals surface area (Å²) in [7, 11) is 0. The second kappa shape index (κ2) is 12.9. The number of hydrogen-bond acceptors (Lipinski definition) is 5. The van der Waals surface area contributed by atoms with E-state index in [2.05, 4.69) is 11.2 Å². The summed E-state index contributed by atoms with van der Waals surface area (Å²) >= 11 is 1.30. The van der Waals surface area contributed by atoms with Gasteiger partial charge in [-0.05, 0) is 17.9 Å². The van der Waals surface area contributed by atoms with Crippen molar-refractivity contribution < 1.29 is 24.7 Å².